The molecule has 0 saturated carbocycles. The van der Waals surface area contributed by atoms with Crippen LogP contribution >= 0.6 is 0 Å². The van der Waals surface area contributed by atoms with E-state index in [2.05, 4.69) is 50.4 Å². The van der Waals surface area contributed by atoms with Crippen LogP contribution in [0.5, 0.6) is 11.5 Å². The zero-order chi connectivity index (χ0) is 29.1. The Labute approximate surface area is 251 Å². The Hall–Kier alpha value is -1.52. The van der Waals surface area contributed by atoms with Crippen LogP contribution in [0.25, 0.3) is 10.8 Å². The highest BCUT2D eigenvalue weighted by molar-refractivity contribution is 6.46. The van der Waals surface area contributed by atoms with Crippen LogP contribution in [-0.2, 0) is 0 Å². The minimum absolute atomic E-state index is 0.905. The van der Waals surface area contributed by atoms with Crippen molar-refractivity contribution in [1.82, 2.24) is 5.32 Å². The fourth-order valence-electron chi connectivity index (χ4n) is 5.11. The van der Waals surface area contributed by atoms with E-state index in [1.165, 1.54) is 146 Å². The van der Waals surface area contributed by atoms with Gasteiger partial charge >= 0.3 is 9.28 Å². The maximum absolute atomic E-state index is 5.63. The first-order chi connectivity index (χ1) is 19.7. The normalized spacial score (nSPS) is 12.1. The van der Waals surface area contributed by atoms with Gasteiger partial charge in [-0.1, -0.05) is 167 Å². The first kappa shape index (κ1) is 36.5. The lowest BCUT2D eigenvalue weighted by molar-refractivity contribution is 0.510. The van der Waals surface area contributed by atoms with Gasteiger partial charge in [0.1, 0.15) is 11.5 Å². The number of hydrogen-bond donors (Lipinski definition) is 1. The summed E-state index contributed by atoms with van der Waals surface area (Å²) in [4.78, 5) is 0. The molecule has 3 rings (SSSR count). The second-order valence-corrected chi connectivity index (χ2v) is 13.2. The van der Waals surface area contributed by atoms with Gasteiger partial charge in [0.2, 0.25) is 0 Å². The molecular weight excluding hydrogens is 506 g/mol. The molecule has 0 unspecified atom stereocenters. The number of benzene rings is 2. The van der Waals surface area contributed by atoms with E-state index in [0.717, 1.165) is 11.5 Å². The van der Waals surface area contributed by atoms with E-state index >= 15 is 0 Å². The molecule has 0 bridgehead atoms. The van der Waals surface area contributed by atoms with Gasteiger partial charge in [-0.15, -0.1) is 0 Å². The summed E-state index contributed by atoms with van der Waals surface area (Å²) >= 11 is 0. The molecule has 0 spiro atoms. The molecule has 0 fully saturated rings. The molecule has 230 valence electrons. The van der Waals surface area contributed by atoms with Crippen molar-refractivity contribution >= 4 is 20.1 Å². The van der Waals surface area contributed by atoms with Crippen molar-refractivity contribution in [3.8, 4) is 11.5 Å². The average molecular weight is 572 g/mol. The summed E-state index contributed by atoms with van der Waals surface area (Å²) in [5, 5.41) is 5.57. The van der Waals surface area contributed by atoms with Crippen LogP contribution in [0, 0.1) is 0 Å². The van der Waals surface area contributed by atoms with Crippen molar-refractivity contribution in [3.05, 3.63) is 36.4 Å². The zero-order valence-corrected chi connectivity index (χ0v) is 28.4. The second-order valence-electron chi connectivity index (χ2n) is 11.6. The van der Waals surface area contributed by atoms with Gasteiger partial charge in [0, 0.05) is 0 Å². The van der Waals surface area contributed by atoms with Crippen molar-refractivity contribution in [3.63, 3.8) is 0 Å². The third-order valence-electron chi connectivity index (χ3n) is 7.64. The zero-order valence-electron chi connectivity index (χ0n) is 27.2. The number of nitrogens with one attached hydrogen (secondary N) is 1. The van der Waals surface area contributed by atoms with Gasteiger partial charge in [-0.3, -0.25) is 0 Å². The minimum atomic E-state index is -1.43. The minimum Gasteiger partial charge on any atom is -0.511 e. The predicted octanol–water partition coefficient (Wildman–Crippen LogP) is 11.5. The van der Waals surface area contributed by atoms with Crippen LogP contribution in [0.2, 0.25) is 6.55 Å². The topological polar surface area (TPSA) is 30.5 Å². The van der Waals surface area contributed by atoms with E-state index in [1.807, 2.05) is 25.7 Å². The number of fused-ring (bicyclic) bond motifs is 2. The summed E-state index contributed by atoms with van der Waals surface area (Å²) < 4.78 is 11.3. The Morgan fingerprint density at radius 1 is 0.525 bits per heavy atom. The van der Waals surface area contributed by atoms with Gasteiger partial charge in [0.25, 0.3) is 0 Å². The Morgan fingerprint density at radius 2 is 0.850 bits per heavy atom. The maximum atomic E-state index is 5.63. The number of unbranched alkanes of at least 4 members (excludes halogenated alkanes) is 18. The molecule has 0 saturated heterocycles. The standard InChI is InChI=1S/C16H34.C11H10O2Si.C9H21N/c1-3-5-7-9-11-13-15-16-14-12-10-8-6-4-2;1-14-12-10-6-8-4-2-3-5-9(8)7-11(10)13-14;1-3-4-5-6-7-8-9-10-2/h3-16H2,1-2H3;2-7,14H,1H3;10H,3-9H2,1-2H3. The van der Waals surface area contributed by atoms with Crippen molar-refractivity contribution in [2.75, 3.05) is 13.6 Å². The Bertz CT molecular complexity index is 761. The summed E-state index contributed by atoms with van der Waals surface area (Å²) in [5.41, 5.74) is 0. The highest BCUT2D eigenvalue weighted by atomic mass is 28.3. The van der Waals surface area contributed by atoms with Gasteiger partial charge in [0.05, 0.1) is 0 Å². The molecule has 40 heavy (non-hydrogen) atoms. The molecule has 4 heteroatoms. The van der Waals surface area contributed by atoms with E-state index in [9.17, 15) is 0 Å². The Kier molecular flexibility index (Phi) is 24.1. The summed E-state index contributed by atoms with van der Waals surface area (Å²) in [7, 11) is 0.592. The maximum Gasteiger partial charge on any atom is 0.441 e. The molecule has 0 aromatic heterocycles. The third-order valence-corrected chi connectivity index (χ3v) is 8.81. The van der Waals surface area contributed by atoms with E-state index in [4.69, 9.17) is 8.85 Å². The third kappa shape index (κ3) is 18.8. The first-order valence-corrected chi connectivity index (χ1v) is 19.3. The summed E-state index contributed by atoms with van der Waals surface area (Å²) in [5.74, 6) is 1.81. The fraction of sp³-hybridized carbons (Fsp3) is 0.722. The predicted molar refractivity (Wildman–Crippen MR) is 182 cm³/mol. The molecule has 0 aliphatic carbocycles. The summed E-state index contributed by atoms with van der Waals surface area (Å²) in [6.45, 7) is 10.1. The van der Waals surface area contributed by atoms with Crippen molar-refractivity contribution < 1.29 is 8.85 Å². The molecule has 0 amide bonds. The Morgan fingerprint density at radius 3 is 1.18 bits per heavy atom. The molecule has 3 nitrogen and oxygen atoms in total. The van der Waals surface area contributed by atoms with Crippen LogP contribution in [0.3, 0.4) is 0 Å². The van der Waals surface area contributed by atoms with E-state index in [0.29, 0.717) is 0 Å². The van der Waals surface area contributed by atoms with Gasteiger partial charge in [-0.05, 0) is 49.5 Å². The van der Waals surface area contributed by atoms with Crippen LogP contribution in [0.4, 0.5) is 0 Å². The highest BCUT2D eigenvalue weighted by Crippen LogP contribution is 2.37. The van der Waals surface area contributed by atoms with Crippen molar-refractivity contribution in [2.24, 2.45) is 0 Å². The molecule has 2 aromatic carbocycles. The van der Waals surface area contributed by atoms with Crippen LogP contribution in [0.1, 0.15) is 149 Å². The molecule has 1 heterocycles. The smallest absolute Gasteiger partial charge is 0.441 e. The molecular formula is C36H65NO2Si. The lowest BCUT2D eigenvalue weighted by atomic mass is 10.0. The van der Waals surface area contributed by atoms with Gasteiger partial charge in [-0.25, -0.2) is 0 Å². The van der Waals surface area contributed by atoms with E-state index in [1.54, 1.807) is 0 Å². The lowest BCUT2D eigenvalue weighted by Gasteiger charge is -2.02. The molecule has 2 aromatic rings. The second kappa shape index (κ2) is 26.4. The van der Waals surface area contributed by atoms with Gasteiger partial charge in [-0.2, -0.15) is 0 Å². The molecule has 1 N–H and O–H groups in total. The van der Waals surface area contributed by atoms with Crippen molar-refractivity contribution in [2.45, 2.75) is 156 Å². The summed E-state index contributed by atoms with van der Waals surface area (Å²) in [6, 6.07) is 12.4. The fourth-order valence-corrected chi connectivity index (χ4v) is 6.25. The van der Waals surface area contributed by atoms with E-state index < -0.39 is 9.28 Å². The van der Waals surface area contributed by atoms with Gasteiger partial charge < -0.3 is 14.2 Å². The van der Waals surface area contributed by atoms with E-state index in [-0.39, 0.29) is 0 Å². The van der Waals surface area contributed by atoms with Crippen LogP contribution < -0.4 is 14.2 Å². The molecule has 1 aliphatic heterocycles. The monoisotopic (exact) mass is 571 g/mol. The van der Waals surface area contributed by atoms with Gasteiger partial charge in [0.15, 0.2) is 0 Å². The highest BCUT2D eigenvalue weighted by Gasteiger charge is 2.22. The molecule has 0 radical (unpaired) electrons. The largest absolute Gasteiger partial charge is 0.511 e. The summed E-state index contributed by atoms with van der Waals surface area (Å²) in [6.07, 6.45) is 28.8. The number of hydrogen-bond acceptors (Lipinski definition) is 3. The average Bonchev–Trinajstić information content (AvgIpc) is 3.33. The van der Waals surface area contributed by atoms with Crippen LogP contribution in [0.15, 0.2) is 36.4 Å². The first-order valence-electron chi connectivity index (χ1n) is 17.2. The molecule has 1 aliphatic rings. The van der Waals surface area contributed by atoms with Crippen LogP contribution in [-0.4, -0.2) is 22.9 Å². The quantitative estimate of drug-likeness (QED) is 0.127. The SMILES string of the molecule is CCCCCCCCCCCCCCCC.CCCCCCCCNC.C[SiH]1Oc2cc3ccccc3cc2O1. The Balaban J connectivity index is 0.000000308. The van der Waals surface area contributed by atoms with Crippen molar-refractivity contribution in [1.29, 1.82) is 0 Å². The lowest BCUT2D eigenvalue weighted by Crippen LogP contribution is -2.18. The molecule has 0 atom stereocenters. The number of rotatable bonds is 20.